The van der Waals surface area contributed by atoms with E-state index in [1.54, 1.807) is 18.4 Å². The normalized spacial score (nSPS) is 11.3. The summed E-state index contributed by atoms with van der Waals surface area (Å²) in [6.07, 6.45) is 0. The number of rotatable bonds is 8. The fraction of sp³-hybridized carbons (Fsp3) is 0.259. The van der Waals surface area contributed by atoms with E-state index in [4.69, 9.17) is 9.72 Å². The zero-order valence-electron chi connectivity index (χ0n) is 19.5. The standard InChI is InChI=1S/C27H29N3O2S/c1-19-15-16-22(32-4)24-25(19)33-27(28-24)30(18-17-29(2)3)26(31)23(20-11-7-5-8-12-20)21-13-9-6-10-14-21/h5-16,23H,17-18H2,1-4H3. The van der Waals surface area contributed by atoms with Gasteiger partial charge in [-0.05, 0) is 43.8 Å². The van der Waals surface area contributed by atoms with E-state index in [1.807, 2.05) is 91.8 Å². The molecule has 4 rings (SSSR count). The molecule has 170 valence electrons. The molecule has 1 amide bonds. The number of amides is 1. The van der Waals surface area contributed by atoms with Crippen LogP contribution in [0.1, 0.15) is 22.6 Å². The highest BCUT2D eigenvalue weighted by molar-refractivity contribution is 7.22. The monoisotopic (exact) mass is 459 g/mol. The third-order valence-corrected chi connectivity index (χ3v) is 6.91. The van der Waals surface area contributed by atoms with Crippen molar-refractivity contribution in [2.24, 2.45) is 0 Å². The number of aromatic nitrogens is 1. The van der Waals surface area contributed by atoms with Crippen LogP contribution in [0.5, 0.6) is 5.75 Å². The van der Waals surface area contributed by atoms with Crippen molar-refractivity contribution < 1.29 is 9.53 Å². The first kappa shape index (κ1) is 23.0. The first-order valence-corrected chi connectivity index (χ1v) is 11.8. The lowest BCUT2D eigenvalue weighted by atomic mass is 9.90. The molecule has 0 bridgehead atoms. The third kappa shape index (κ3) is 4.92. The summed E-state index contributed by atoms with van der Waals surface area (Å²) in [5.41, 5.74) is 3.87. The Morgan fingerprint density at radius 1 is 0.939 bits per heavy atom. The van der Waals surface area contributed by atoms with Crippen molar-refractivity contribution in [3.63, 3.8) is 0 Å². The minimum atomic E-state index is -0.412. The Balaban J connectivity index is 1.83. The Morgan fingerprint density at radius 3 is 2.09 bits per heavy atom. The maximum Gasteiger partial charge on any atom is 0.240 e. The van der Waals surface area contributed by atoms with Crippen LogP contribution in [0.2, 0.25) is 0 Å². The van der Waals surface area contributed by atoms with Crippen LogP contribution in [0.3, 0.4) is 0 Å². The highest BCUT2D eigenvalue weighted by Gasteiger charge is 2.30. The second-order valence-corrected chi connectivity index (χ2v) is 9.28. The number of aryl methyl sites for hydroxylation is 1. The van der Waals surface area contributed by atoms with E-state index in [0.29, 0.717) is 11.7 Å². The first-order chi connectivity index (χ1) is 16.0. The van der Waals surface area contributed by atoms with Crippen molar-refractivity contribution in [3.8, 4) is 5.75 Å². The van der Waals surface area contributed by atoms with Gasteiger partial charge in [0.25, 0.3) is 0 Å². The van der Waals surface area contributed by atoms with Crippen LogP contribution >= 0.6 is 11.3 Å². The second kappa shape index (κ2) is 10.1. The number of carbonyl (C=O) groups is 1. The van der Waals surface area contributed by atoms with Gasteiger partial charge < -0.3 is 9.64 Å². The molecule has 1 heterocycles. The number of carbonyl (C=O) groups excluding carboxylic acids is 1. The van der Waals surface area contributed by atoms with Crippen molar-refractivity contribution in [1.29, 1.82) is 0 Å². The third-order valence-electron chi connectivity index (χ3n) is 5.69. The summed E-state index contributed by atoms with van der Waals surface area (Å²) in [5, 5.41) is 0.696. The molecule has 0 atom stereocenters. The van der Waals surface area contributed by atoms with Gasteiger partial charge in [-0.2, -0.15) is 0 Å². The van der Waals surface area contributed by atoms with E-state index in [2.05, 4.69) is 11.8 Å². The number of thiazole rings is 1. The minimum Gasteiger partial charge on any atom is -0.494 e. The predicted molar refractivity (Wildman–Crippen MR) is 137 cm³/mol. The summed E-state index contributed by atoms with van der Waals surface area (Å²) < 4.78 is 6.60. The molecule has 3 aromatic carbocycles. The summed E-state index contributed by atoms with van der Waals surface area (Å²) in [6, 6.07) is 23.9. The van der Waals surface area contributed by atoms with Crippen LogP contribution in [-0.4, -0.2) is 50.1 Å². The largest absolute Gasteiger partial charge is 0.494 e. The van der Waals surface area contributed by atoms with Gasteiger partial charge in [0.15, 0.2) is 5.13 Å². The average Bonchev–Trinajstić information content (AvgIpc) is 3.27. The molecule has 4 aromatic rings. The SMILES string of the molecule is COc1ccc(C)c2sc(N(CCN(C)C)C(=O)C(c3ccccc3)c3ccccc3)nc12. The molecule has 0 N–H and O–H groups in total. The summed E-state index contributed by atoms with van der Waals surface area (Å²) in [7, 11) is 5.68. The number of fused-ring (bicyclic) bond motifs is 1. The molecular weight excluding hydrogens is 430 g/mol. The molecule has 0 spiro atoms. The highest BCUT2D eigenvalue weighted by atomic mass is 32.1. The van der Waals surface area contributed by atoms with Gasteiger partial charge in [0, 0.05) is 13.1 Å². The zero-order chi connectivity index (χ0) is 23.4. The number of nitrogens with zero attached hydrogens (tertiary/aromatic N) is 3. The molecule has 0 fully saturated rings. The Kier molecular flexibility index (Phi) is 7.06. The zero-order valence-corrected chi connectivity index (χ0v) is 20.3. The summed E-state index contributed by atoms with van der Waals surface area (Å²) in [4.78, 5) is 23.0. The van der Waals surface area contributed by atoms with Gasteiger partial charge in [0.2, 0.25) is 5.91 Å². The van der Waals surface area contributed by atoms with Crippen LogP contribution in [0.25, 0.3) is 10.2 Å². The fourth-order valence-corrected chi connectivity index (χ4v) is 4.99. The Hall–Kier alpha value is -3.22. The van der Waals surface area contributed by atoms with E-state index in [-0.39, 0.29) is 5.91 Å². The molecule has 0 unspecified atom stereocenters. The molecule has 1 aromatic heterocycles. The van der Waals surface area contributed by atoms with E-state index in [9.17, 15) is 4.79 Å². The molecule has 0 saturated heterocycles. The van der Waals surface area contributed by atoms with Gasteiger partial charge in [-0.15, -0.1) is 0 Å². The number of hydrogen-bond donors (Lipinski definition) is 0. The molecule has 33 heavy (non-hydrogen) atoms. The molecule has 0 aliphatic heterocycles. The number of ether oxygens (including phenoxy) is 1. The smallest absolute Gasteiger partial charge is 0.240 e. The fourth-order valence-electron chi connectivity index (χ4n) is 3.90. The maximum atomic E-state index is 14.2. The van der Waals surface area contributed by atoms with Gasteiger partial charge in [0.05, 0.1) is 17.7 Å². The maximum absolute atomic E-state index is 14.2. The van der Waals surface area contributed by atoms with Gasteiger partial charge in [0.1, 0.15) is 11.3 Å². The number of likely N-dealkylation sites (N-methyl/N-ethyl adjacent to an activating group) is 1. The Morgan fingerprint density at radius 2 is 1.55 bits per heavy atom. The summed E-state index contributed by atoms with van der Waals surface area (Å²) >= 11 is 1.54. The van der Waals surface area contributed by atoms with Crippen molar-refractivity contribution in [3.05, 3.63) is 89.5 Å². The van der Waals surface area contributed by atoms with Crippen molar-refractivity contribution in [1.82, 2.24) is 9.88 Å². The molecular formula is C27H29N3O2S. The van der Waals surface area contributed by atoms with E-state index >= 15 is 0 Å². The van der Waals surface area contributed by atoms with Crippen LogP contribution in [0.15, 0.2) is 72.8 Å². The molecule has 5 nitrogen and oxygen atoms in total. The van der Waals surface area contributed by atoms with Crippen LogP contribution < -0.4 is 9.64 Å². The molecule has 0 aliphatic carbocycles. The number of hydrogen-bond acceptors (Lipinski definition) is 5. The highest BCUT2D eigenvalue weighted by Crippen LogP contribution is 2.38. The lowest BCUT2D eigenvalue weighted by Crippen LogP contribution is -2.40. The van der Waals surface area contributed by atoms with Crippen LogP contribution in [-0.2, 0) is 4.79 Å². The summed E-state index contributed by atoms with van der Waals surface area (Å²) in [5.74, 6) is 0.329. The van der Waals surface area contributed by atoms with Crippen LogP contribution in [0.4, 0.5) is 5.13 Å². The number of benzene rings is 3. The van der Waals surface area contributed by atoms with Crippen molar-refractivity contribution in [2.75, 3.05) is 39.2 Å². The van der Waals surface area contributed by atoms with E-state index in [1.165, 1.54) is 0 Å². The number of methoxy groups -OCH3 is 1. The lowest BCUT2D eigenvalue weighted by Gasteiger charge is -2.27. The van der Waals surface area contributed by atoms with E-state index < -0.39 is 5.92 Å². The van der Waals surface area contributed by atoms with Crippen molar-refractivity contribution in [2.45, 2.75) is 12.8 Å². The predicted octanol–water partition coefficient (Wildman–Crippen LogP) is 5.34. The molecule has 0 radical (unpaired) electrons. The first-order valence-electron chi connectivity index (χ1n) is 11.0. The topological polar surface area (TPSA) is 45.7 Å². The summed E-state index contributed by atoms with van der Waals surface area (Å²) in [6.45, 7) is 3.34. The second-order valence-electron chi connectivity index (χ2n) is 8.31. The van der Waals surface area contributed by atoms with Crippen LogP contribution in [0, 0.1) is 6.92 Å². The molecule has 0 saturated carbocycles. The Bertz CT molecular complexity index is 1180. The van der Waals surface area contributed by atoms with E-state index in [0.717, 1.165) is 39.2 Å². The molecule has 0 aliphatic rings. The van der Waals surface area contributed by atoms with Gasteiger partial charge >= 0.3 is 0 Å². The van der Waals surface area contributed by atoms with Gasteiger partial charge in [-0.1, -0.05) is 78.1 Å². The Labute approximate surface area is 199 Å². The average molecular weight is 460 g/mol. The van der Waals surface area contributed by atoms with Crippen molar-refractivity contribution >= 4 is 32.6 Å². The lowest BCUT2D eigenvalue weighted by molar-refractivity contribution is -0.119. The van der Waals surface area contributed by atoms with Gasteiger partial charge in [-0.3, -0.25) is 9.69 Å². The molecule has 6 heteroatoms. The minimum absolute atomic E-state index is 0.0185. The quantitative estimate of drug-likeness (QED) is 0.357. The van der Waals surface area contributed by atoms with Gasteiger partial charge in [-0.25, -0.2) is 4.98 Å². The number of anilines is 1.